The third-order valence-electron chi connectivity index (χ3n) is 4.36. The summed E-state index contributed by atoms with van der Waals surface area (Å²) in [6.45, 7) is 3.14. The second kappa shape index (κ2) is 4.17. The van der Waals surface area contributed by atoms with Crippen LogP contribution < -0.4 is 0 Å². The summed E-state index contributed by atoms with van der Waals surface area (Å²) in [7, 11) is -3.01. The third kappa shape index (κ3) is 1.64. The number of thiol groups is 1. The van der Waals surface area contributed by atoms with Crippen LogP contribution in [0.25, 0.3) is 0 Å². The Bertz CT molecular complexity index is 375. The van der Waals surface area contributed by atoms with Gasteiger partial charge in [-0.05, 0) is 12.3 Å². The molecule has 5 atom stereocenters. The van der Waals surface area contributed by atoms with Gasteiger partial charge in [0.25, 0.3) is 11.0 Å². The molecule has 17 heavy (non-hydrogen) atoms. The van der Waals surface area contributed by atoms with Crippen molar-refractivity contribution in [3.8, 4) is 0 Å². The van der Waals surface area contributed by atoms with Gasteiger partial charge in [-0.25, -0.2) is 8.42 Å². The van der Waals surface area contributed by atoms with Crippen LogP contribution in [0, 0.1) is 11.8 Å². The molecule has 2 aliphatic heterocycles. The standard InChI is InChI=1S/C10H18O6S/c1-6-3-9(4-11)7(2)8(15-17(13)14)10(6,5-12)16-9/h6-8,11-12,17H,3-5H2,1-2H3. The fourth-order valence-electron chi connectivity index (χ4n) is 3.32. The summed E-state index contributed by atoms with van der Waals surface area (Å²) in [5, 5.41) is 19.0. The first-order valence-corrected chi connectivity index (χ1v) is 6.74. The molecule has 100 valence electrons. The fourth-order valence-corrected chi connectivity index (χ4v) is 3.87. The Kier molecular flexibility index (Phi) is 3.24. The summed E-state index contributed by atoms with van der Waals surface area (Å²) in [5.41, 5.74) is -1.81. The van der Waals surface area contributed by atoms with Gasteiger partial charge in [0.05, 0.1) is 18.8 Å². The maximum absolute atomic E-state index is 10.7. The maximum atomic E-state index is 10.7. The van der Waals surface area contributed by atoms with Gasteiger partial charge in [0.1, 0.15) is 11.7 Å². The molecule has 2 bridgehead atoms. The molecule has 2 N–H and O–H groups in total. The van der Waals surface area contributed by atoms with E-state index in [4.69, 9.17) is 8.92 Å². The molecule has 2 aliphatic rings. The Balaban J connectivity index is 2.39. The molecule has 0 aliphatic carbocycles. The van der Waals surface area contributed by atoms with E-state index in [2.05, 4.69) is 0 Å². The molecule has 2 saturated heterocycles. The highest BCUT2D eigenvalue weighted by Gasteiger charge is 2.69. The number of aliphatic hydroxyl groups is 2. The summed E-state index contributed by atoms with van der Waals surface area (Å²) < 4.78 is 32.2. The zero-order chi connectivity index (χ0) is 12.8. The molecule has 0 aromatic rings. The lowest BCUT2D eigenvalue weighted by molar-refractivity contribution is -0.120. The average Bonchev–Trinajstić information content (AvgIpc) is 2.70. The van der Waals surface area contributed by atoms with Gasteiger partial charge in [0.2, 0.25) is 0 Å². The first kappa shape index (κ1) is 13.2. The molecular formula is C10H18O6S. The molecule has 2 fully saturated rings. The second-order valence-corrected chi connectivity index (χ2v) is 5.74. The summed E-state index contributed by atoms with van der Waals surface area (Å²) in [6, 6.07) is 0. The van der Waals surface area contributed by atoms with Crippen LogP contribution in [0.1, 0.15) is 20.3 Å². The van der Waals surface area contributed by atoms with Gasteiger partial charge < -0.3 is 14.9 Å². The van der Waals surface area contributed by atoms with Crippen molar-refractivity contribution in [3.05, 3.63) is 0 Å². The molecule has 5 unspecified atom stereocenters. The molecule has 0 radical (unpaired) electrons. The molecular weight excluding hydrogens is 248 g/mol. The van der Waals surface area contributed by atoms with Gasteiger partial charge in [0, 0.05) is 5.92 Å². The van der Waals surface area contributed by atoms with Crippen molar-refractivity contribution in [2.45, 2.75) is 37.6 Å². The summed E-state index contributed by atoms with van der Waals surface area (Å²) in [5.74, 6) is -0.334. The Morgan fingerprint density at radius 1 is 1.35 bits per heavy atom. The number of hydrogen-bond acceptors (Lipinski definition) is 6. The zero-order valence-corrected chi connectivity index (χ0v) is 10.7. The molecule has 2 heterocycles. The first-order valence-electron chi connectivity index (χ1n) is 5.65. The second-order valence-electron chi connectivity index (χ2n) is 5.08. The van der Waals surface area contributed by atoms with Crippen molar-refractivity contribution in [2.24, 2.45) is 11.8 Å². The molecule has 0 saturated carbocycles. The highest BCUT2D eigenvalue weighted by Crippen LogP contribution is 2.57. The first-order chi connectivity index (χ1) is 7.92. The lowest BCUT2D eigenvalue weighted by Crippen LogP contribution is -2.52. The van der Waals surface area contributed by atoms with Crippen LogP contribution in [0.5, 0.6) is 0 Å². The maximum Gasteiger partial charge on any atom is 0.257 e. The van der Waals surface area contributed by atoms with Crippen molar-refractivity contribution < 1.29 is 27.6 Å². The molecule has 0 spiro atoms. The number of hydrogen-bond donors (Lipinski definition) is 3. The zero-order valence-electron chi connectivity index (χ0n) is 9.83. The molecule has 0 aromatic heterocycles. The normalized spacial score (nSPS) is 49.1. The van der Waals surface area contributed by atoms with Crippen molar-refractivity contribution in [1.82, 2.24) is 0 Å². The number of ether oxygens (including phenoxy) is 1. The van der Waals surface area contributed by atoms with Crippen LogP contribution >= 0.6 is 0 Å². The van der Waals surface area contributed by atoms with Gasteiger partial charge in [0.15, 0.2) is 0 Å². The molecule has 0 aromatic carbocycles. The molecule has 0 amide bonds. The smallest absolute Gasteiger partial charge is 0.257 e. The van der Waals surface area contributed by atoms with E-state index >= 15 is 0 Å². The van der Waals surface area contributed by atoms with Crippen molar-refractivity contribution in [2.75, 3.05) is 13.2 Å². The number of aliphatic hydroxyl groups excluding tert-OH is 2. The topological polar surface area (TPSA) is 93.1 Å². The Hall–Kier alpha value is -0.210. The van der Waals surface area contributed by atoms with Gasteiger partial charge in [-0.15, -0.1) is 0 Å². The van der Waals surface area contributed by atoms with Crippen molar-refractivity contribution in [1.29, 1.82) is 0 Å². The SMILES string of the molecule is CC1C(O[SH](=O)=O)C2(CO)OC1(CO)CC2C. The van der Waals surface area contributed by atoms with Crippen LogP contribution in [-0.4, -0.2) is 49.2 Å². The predicted molar refractivity (Wildman–Crippen MR) is 58.9 cm³/mol. The van der Waals surface area contributed by atoms with E-state index in [1.54, 1.807) is 6.92 Å². The van der Waals surface area contributed by atoms with Gasteiger partial charge in [-0.1, -0.05) is 13.8 Å². The highest BCUT2D eigenvalue weighted by atomic mass is 32.2. The molecule has 2 rings (SSSR count). The Morgan fingerprint density at radius 3 is 2.47 bits per heavy atom. The summed E-state index contributed by atoms with van der Waals surface area (Å²) in [4.78, 5) is 0. The van der Waals surface area contributed by atoms with Crippen molar-refractivity contribution >= 4 is 11.0 Å². The molecule has 7 heteroatoms. The van der Waals surface area contributed by atoms with E-state index in [1.165, 1.54) is 0 Å². The Labute approximate surface area is 102 Å². The number of fused-ring (bicyclic) bond motifs is 2. The van der Waals surface area contributed by atoms with E-state index in [9.17, 15) is 18.6 Å². The largest absolute Gasteiger partial charge is 0.393 e. The van der Waals surface area contributed by atoms with E-state index in [0.717, 1.165) is 0 Å². The van der Waals surface area contributed by atoms with E-state index < -0.39 is 28.3 Å². The monoisotopic (exact) mass is 266 g/mol. The minimum Gasteiger partial charge on any atom is -0.393 e. The summed E-state index contributed by atoms with van der Waals surface area (Å²) in [6.07, 6.45) is -0.134. The van der Waals surface area contributed by atoms with E-state index in [-0.39, 0.29) is 25.0 Å². The highest BCUT2D eigenvalue weighted by molar-refractivity contribution is 7.67. The fraction of sp³-hybridized carbons (Fsp3) is 1.00. The van der Waals surface area contributed by atoms with Crippen LogP contribution in [0.15, 0.2) is 0 Å². The van der Waals surface area contributed by atoms with Crippen LogP contribution in [0.3, 0.4) is 0 Å². The van der Waals surface area contributed by atoms with E-state index in [1.807, 2.05) is 6.92 Å². The molecule has 6 nitrogen and oxygen atoms in total. The van der Waals surface area contributed by atoms with Crippen LogP contribution in [0.2, 0.25) is 0 Å². The lowest BCUT2D eigenvalue weighted by Gasteiger charge is -2.38. The quantitative estimate of drug-likeness (QED) is 0.569. The van der Waals surface area contributed by atoms with Gasteiger partial charge >= 0.3 is 0 Å². The summed E-state index contributed by atoms with van der Waals surface area (Å²) >= 11 is 0. The minimum absolute atomic E-state index is 0.0594. The third-order valence-corrected chi connectivity index (χ3v) is 4.76. The lowest BCUT2D eigenvalue weighted by atomic mass is 9.68. The van der Waals surface area contributed by atoms with Crippen molar-refractivity contribution in [3.63, 3.8) is 0 Å². The van der Waals surface area contributed by atoms with E-state index in [0.29, 0.717) is 6.42 Å². The van der Waals surface area contributed by atoms with Gasteiger partial charge in [-0.3, -0.25) is 4.18 Å². The number of rotatable bonds is 4. The predicted octanol–water partition coefficient (Wildman–Crippen LogP) is -0.934. The van der Waals surface area contributed by atoms with Gasteiger partial charge in [-0.2, -0.15) is 0 Å². The minimum atomic E-state index is -3.01. The van der Waals surface area contributed by atoms with Crippen LogP contribution in [-0.2, 0) is 19.9 Å². The Morgan fingerprint density at radius 2 is 2.00 bits per heavy atom. The average molecular weight is 266 g/mol. The van der Waals surface area contributed by atoms with Crippen LogP contribution in [0.4, 0.5) is 0 Å².